The normalized spacial score (nSPS) is 10.7. The summed E-state index contributed by atoms with van der Waals surface area (Å²) in [5.41, 5.74) is 4.72. The van der Waals surface area contributed by atoms with Crippen molar-refractivity contribution >= 4 is 5.82 Å². The smallest absolute Gasteiger partial charge is 0.131 e. The van der Waals surface area contributed by atoms with Crippen LogP contribution in [-0.2, 0) is 6.42 Å². The van der Waals surface area contributed by atoms with E-state index in [0.29, 0.717) is 0 Å². The first kappa shape index (κ1) is 15.5. The third kappa shape index (κ3) is 4.28. The van der Waals surface area contributed by atoms with E-state index < -0.39 is 0 Å². The molecule has 3 heteroatoms. The quantitative estimate of drug-likeness (QED) is 0.846. The van der Waals surface area contributed by atoms with Gasteiger partial charge in [0.15, 0.2) is 0 Å². The second-order valence-corrected chi connectivity index (χ2v) is 5.61. The molecule has 1 aromatic carbocycles. The predicted molar refractivity (Wildman–Crippen MR) is 89.7 cm³/mol. The number of aromatic nitrogens is 2. The Balaban J connectivity index is 2.42. The van der Waals surface area contributed by atoms with E-state index in [4.69, 9.17) is 4.98 Å². The van der Waals surface area contributed by atoms with Crippen LogP contribution in [0.5, 0.6) is 0 Å². The van der Waals surface area contributed by atoms with Crippen LogP contribution >= 0.6 is 0 Å². The highest BCUT2D eigenvalue weighted by molar-refractivity contribution is 5.64. The van der Waals surface area contributed by atoms with Crippen molar-refractivity contribution in [2.45, 2.75) is 47.0 Å². The minimum absolute atomic E-state index is 0.916. The maximum absolute atomic E-state index is 4.73. The molecule has 1 aromatic heterocycles. The van der Waals surface area contributed by atoms with Gasteiger partial charge in [0.1, 0.15) is 11.6 Å². The van der Waals surface area contributed by atoms with Crippen LogP contribution in [0.2, 0.25) is 0 Å². The van der Waals surface area contributed by atoms with Gasteiger partial charge in [-0.05, 0) is 38.8 Å². The molecule has 1 heterocycles. The molecule has 0 fully saturated rings. The number of hydrogen-bond acceptors (Lipinski definition) is 3. The molecule has 2 aromatic rings. The number of benzene rings is 1. The molecule has 0 atom stereocenters. The van der Waals surface area contributed by atoms with Crippen LogP contribution in [-0.4, -0.2) is 16.5 Å². The molecule has 0 aliphatic rings. The molecule has 1 N–H and O–H groups in total. The van der Waals surface area contributed by atoms with Gasteiger partial charge in [-0.25, -0.2) is 9.97 Å². The van der Waals surface area contributed by atoms with E-state index in [-0.39, 0.29) is 0 Å². The molecule has 0 saturated carbocycles. The monoisotopic (exact) mass is 283 g/mol. The Bertz CT molecular complexity index is 585. The van der Waals surface area contributed by atoms with E-state index in [1.54, 1.807) is 0 Å². The van der Waals surface area contributed by atoms with Crippen molar-refractivity contribution in [3.8, 4) is 11.3 Å². The van der Waals surface area contributed by atoms with Crippen molar-refractivity contribution in [3.63, 3.8) is 0 Å². The van der Waals surface area contributed by atoms with E-state index in [2.05, 4.69) is 62.3 Å². The Morgan fingerprint density at radius 1 is 0.905 bits per heavy atom. The Morgan fingerprint density at radius 2 is 1.62 bits per heavy atom. The lowest BCUT2D eigenvalue weighted by atomic mass is 10.0. The third-order valence-electron chi connectivity index (χ3n) is 3.32. The van der Waals surface area contributed by atoms with Gasteiger partial charge in [-0.3, -0.25) is 0 Å². The summed E-state index contributed by atoms with van der Waals surface area (Å²) in [5, 5.41) is 3.38. The molecule has 0 unspecified atom stereocenters. The summed E-state index contributed by atoms with van der Waals surface area (Å²) in [7, 11) is 0. The molecular formula is C18H25N3. The molecular weight excluding hydrogens is 258 g/mol. The van der Waals surface area contributed by atoms with Gasteiger partial charge in [-0.2, -0.15) is 0 Å². The maximum Gasteiger partial charge on any atom is 0.131 e. The van der Waals surface area contributed by atoms with Crippen LogP contribution in [0.3, 0.4) is 0 Å². The molecule has 0 amide bonds. The van der Waals surface area contributed by atoms with Crippen LogP contribution < -0.4 is 5.32 Å². The highest BCUT2D eigenvalue weighted by Gasteiger charge is 2.07. The topological polar surface area (TPSA) is 37.8 Å². The molecule has 0 saturated heterocycles. The second kappa shape index (κ2) is 7.21. The van der Waals surface area contributed by atoms with Gasteiger partial charge in [0, 0.05) is 24.6 Å². The fourth-order valence-corrected chi connectivity index (χ4v) is 2.45. The molecule has 0 radical (unpaired) electrons. The molecule has 3 nitrogen and oxygen atoms in total. The summed E-state index contributed by atoms with van der Waals surface area (Å²) in [6, 6.07) is 8.63. The van der Waals surface area contributed by atoms with E-state index in [0.717, 1.165) is 43.1 Å². The van der Waals surface area contributed by atoms with Gasteiger partial charge in [-0.1, -0.05) is 31.0 Å². The van der Waals surface area contributed by atoms with Crippen LogP contribution in [0.25, 0.3) is 11.3 Å². The number of anilines is 1. The zero-order chi connectivity index (χ0) is 15.2. The summed E-state index contributed by atoms with van der Waals surface area (Å²) in [4.78, 5) is 9.34. The first-order chi connectivity index (χ1) is 10.1. The van der Waals surface area contributed by atoms with Crippen LogP contribution in [0.1, 0.15) is 43.6 Å². The van der Waals surface area contributed by atoms with E-state index >= 15 is 0 Å². The minimum Gasteiger partial charge on any atom is -0.370 e. The summed E-state index contributed by atoms with van der Waals surface area (Å²) in [5.74, 6) is 1.86. The fraction of sp³-hybridized carbons (Fsp3) is 0.444. The lowest BCUT2D eigenvalue weighted by Crippen LogP contribution is -2.06. The second-order valence-electron chi connectivity index (χ2n) is 5.61. The number of nitrogens with zero attached hydrogens (tertiary/aromatic N) is 2. The third-order valence-corrected chi connectivity index (χ3v) is 3.32. The first-order valence-electron chi connectivity index (χ1n) is 7.83. The van der Waals surface area contributed by atoms with Crippen LogP contribution in [0.15, 0.2) is 24.3 Å². The molecule has 0 aliphatic carbocycles. The number of rotatable bonds is 6. The number of nitrogens with one attached hydrogen (secondary N) is 1. The average Bonchev–Trinajstić information content (AvgIpc) is 2.44. The molecule has 112 valence electrons. The molecule has 0 aliphatic heterocycles. The lowest BCUT2D eigenvalue weighted by Gasteiger charge is -2.10. The molecule has 2 rings (SSSR count). The predicted octanol–water partition coefficient (Wildman–Crippen LogP) is 4.53. The lowest BCUT2D eigenvalue weighted by molar-refractivity contribution is 0.834. The molecule has 0 bridgehead atoms. The van der Waals surface area contributed by atoms with Crippen LogP contribution in [0.4, 0.5) is 5.82 Å². The minimum atomic E-state index is 0.916. The van der Waals surface area contributed by atoms with Crippen LogP contribution in [0, 0.1) is 13.8 Å². The van der Waals surface area contributed by atoms with Crippen molar-refractivity contribution in [2.24, 2.45) is 0 Å². The van der Waals surface area contributed by atoms with Crippen molar-refractivity contribution < 1.29 is 0 Å². The van der Waals surface area contributed by atoms with E-state index in [9.17, 15) is 0 Å². The Labute approximate surface area is 127 Å². The standard InChI is InChI=1S/C18H25N3/c1-5-7-17-20-16(12-18(21-17)19-8-6-2)15-10-13(3)9-14(4)11-15/h9-12H,5-8H2,1-4H3,(H,19,20,21). The van der Waals surface area contributed by atoms with Crippen molar-refractivity contribution in [1.29, 1.82) is 0 Å². The Kier molecular flexibility index (Phi) is 5.32. The van der Waals surface area contributed by atoms with Gasteiger partial charge in [0.05, 0.1) is 5.69 Å². The number of hydrogen-bond donors (Lipinski definition) is 1. The zero-order valence-corrected chi connectivity index (χ0v) is 13.5. The van der Waals surface area contributed by atoms with Crippen molar-refractivity contribution in [1.82, 2.24) is 9.97 Å². The van der Waals surface area contributed by atoms with Gasteiger partial charge in [0.25, 0.3) is 0 Å². The average molecular weight is 283 g/mol. The highest BCUT2D eigenvalue weighted by atomic mass is 15.0. The van der Waals surface area contributed by atoms with E-state index in [1.807, 2.05) is 0 Å². The zero-order valence-electron chi connectivity index (χ0n) is 13.5. The Morgan fingerprint density at radius 3 is 2.24 bits per heavy atom. The largest absolute Gasteiger partial charge is 0.370 e. The summed E-state index contributed by atoms with van der Waals surface area (Å²) in [6.45, 7) is 9.51. The summed E-state index contributed by atoms with van der Waals surface area (Å²) in [6.07, 6.45) is 3.06. The van der Waals surface area contributed by atoms with Gasteiger partial charge in [0.2, 0.25) is 0 Å². The number of aryl methyl sites for hydroxylation is 3. The first-order valence-corrected chi connectivity index (χ1v) is 7.83. The maximum atomic E-state index is 4.73. The van der Waals surface area contributed by atoms with Gasteiger partial charge in [-0.15, -0.1) is 0 Å². The summed E-state index contributed by atoms with van der Waals surface area (Å²) >= 11 is 0. The van der Waals surface area contributed by atoms with Crippen molar-refractivity contribution in [3.05, 3.63) is 41.2 Å². The molecule has 0 spiro atoms. The SMILES string of the molecule is CCCNc1cc(-c2cc(C)cc(C)c2)nc(CCC)n1. The Hall–Kier alpha value is -1.90. The van der Waals surface area contributed by atoms with E-state index in [1.165, 1.54) is 16.7 Å². The summed E-state index contributed by atoms with van der Waals surface area (Å²) < 4.78 is 0. The highest BCUT2D eigenvalue weighted by Crippen LogP contribution is 2.23. The molecule has 21 heavy (non-hydrogen) atoms. The fourth-order valence-electron chi connectivity index (χ4n) is 2.45. The van der Waals surface area contributed by atoms with Gasteiger partial charge < -0.3 is 5.32 Å². The van der Waals surface area contributed by atoms with Gasteiger partial charge >= 0.3 is 0 Å². The van der Waals surface area contributed by atoms with Crippen molar-refractivity contribution in [2.75, 3.05) is 11.9 Å².